The van der Waals surface area contributed by atoms with Gasteiger partial charge in [0.1, 0.15) is 0 Å². The molecular formula is C21H22O. The average molecular weight is 290 g/mol. The Morgan fingerprint density at radius 1 is 0.818 bits per heavy atom. The number of hydrogen-bond donors (Lipinski definition) is 1. The highest BCUT2D eigenvalue weighted by molar-refractivity contribution is 5.40. The van der Waals surface area contributed by atoms with E-state index in [0.717, 1.165) is 24.0 Å². The van der Waals surface area contributed by atoms with Crippen LogP contribution in [0.1, 0.15) is 43.2 Å². The fraction of sp³-hybridized carbons (Fsp3) is 0.333. The van der Waals surface area contributed by atoms with Crippen molar-refractivity contribution in [3.63, 3.8) is 0 Å². The Bertz CT molecular complexity index is 645. The fourth-order valence-corrected chi connectivity index (χ4v) is 3.31. The van der Waals surface area contributed by atoms with Crippen LogP contribution < -0.4 is 0 Å². The van der Waals surface area contributed by atoms with Crippen molar-refractivity contribution in [3.8, 4) is 11.8 Å². The summed E-state index contributed by atoms with van der Waals surface area (Å²) >= 11 is 0. The Morgan fingerprint density at radius 3 is 2.05 bits per heavy atom. The predicted octanol–water partition coefficient (Wildman–Crippen LogP) is 4.51. The maximum atomic E-state index is 11.4. The van der Waals surface area contributed by atoms with E-state index in [-0.39, 0.29) is 5.92 Å². The maximum absolute atomic E-state index is 11.4. The molecule has 0 amide bonds. The van der Waals surface area contributed by atoms with Gasteiger partial charge in [0, 0.05) is 11.5 Å². The van der Waals surface area contributed by atoms with Crippen molar-refractivity contribution in [2.45, 2.75) is 37.7 Å². The lowest BCUT2D eigenvalue weighted by Crippen LogP contribution is -2.35. The molecule has 0 saturated heterocycles. The molecule has 1 aliphatic rings. The van der Waals surface area contributed by atoms with E-state index in [1.165, 1.54) is 19.3 Å². The van der Waals surface area contributed by atoms with Gasteiger partial charge in [-0.3, -0.25) is 0 Å². The predicted molar refractivity (Wildman–Crippen MR) is 90.2 cm³/mol. The van der Waals surface area contributed by atoms with Gasteiger partial charge in [0.25, 0.3) is 0 Å². The third-order valence-corrected chi connectivity index (χ3v) is 4.58. The largest absolute Gasteiger partial charge is 0.373 e. The summed E-state index contributed by atoms with van der Waals surface area (Å²) in [6.07, 6.45) is 5.75. The third kappa shape index (κ3) is 3.24. The van der Waals surface area contributed by atoms with Crippen molar-refractivity contribution in [1.82, 2.24) is 0 Å². The van der Waals surface area contributed by atoms with Gasteiger partial charge in [0.15, 0.2) is 5.60 Å². The molecule has 1 heteroatoms. The molecule has 1 N–H and O–H groups in total. The van der Waals surface area contributed by atoms with Crippen molar-refractivity contribution in [3.05, 3.63) is 71.8 Å². The molecule has 0 heterocycles. The number of aliphatic hydroxyl groups is 1. The van der Waals surface area contributed by atoms with Crippen LogP contribution in [0.4, 0.5) is 0 Å². The highest BCUT2D eigenvalue weighted by Crippen LogP contribution is 2.39. The van der Waals surface area contributed by atoms with Crippen LogP contribution in [-0.4, -0.2) is 5.11 Å². The summed E-state index contributed by atoms with van der Waals surface area (Å²) in [7, 11) is 0. The minimum atomic E-state index is -1.04. The van der Waals surface area contributed by atoms with E-state index < -0.39 is 5.60 Å². The van der Waals surface area contributed by atoms with Crippen LogP contribution in [0.15, 0.2) is 60.7 Å². The summed E-state index contributed by atoms with van der Waals surface area (Å²) in [5.41, 5.74) is 0.829. The normalized spacial score (nSPS) is 18.0. The van der Waals surface area contributed by atoms with Crippen LogP contribution in [0.5, 0.6) is 0 Å². The summed E-state index contributed by atoms with van der Waals surface area (Å²) in [4.78, 5) is 0. The van der Waals surface area contributed by atoms with Crippen molar-refractivity contribution in [2.24, 2.45) is 5.92 Å². The second kappa shape index (κ2) is 6.81. The lowest BCUT2D eigenvalue weighted by atomic mass is 9.73. The smallest absolute Gasteiger partial charge is 0.154 e. The topological polar surface area (TPSA) is 20.2 Å². The zero-order valence-corrected chi connectivity index (χ0v) is 12.8. The monoisotopic (exact) mass is 290 g/mol. The first-order chi connectivity index (χ1) is 10.8. The molecule has 0 spiro atoms. The van der Waals surface area contributed by atoms with Gasteiger partial charge in [-0.2, -0.15) is 0 Å². The van der Waals surface area contributed by atoms with Crippen molar-refractivity contribution >= 4 is 0 Å². The van der Waals surface area contributed by atoms with Crippen LogP contribution in [0.2, 0.25) is 0 Å². The van der Waals surface area contributed by atoms with E-state index in [1.54, 1.807) is 0 Å². The molecule has 1 fully saturated rings. The van der Waals surface area contributed by atoms with E-state index >= 15 is 0 Å². The molecule has 1 nitrogen and oxygen atoms in total. The molecule has 2 aromatic carbocycles. The average Bonchev–Trinajstić information content (AvgIpc) is 2.62. The van der Waals surface area contributed by atoms with E-state index in [2.05, 4.69) is 11.8 Å². The minimum absolute atomic E-state index is 0.222. The molecule has 22 heavy (non-hydrogen) atoms. The third-order valence-electron chi connectivity index (χ3n) is 4.58. The Labute approximate surface area is 133 Å². The second-order valence-corrected chi connectivity index (χ2v) is 6.08. The van der Waals surface area contributed by atoms with Gasteiger partial charge < -0.3 is 5.11 Å². The summed E-state index contributed by atoms with van der Waals surface area (Å²) < 4.78 is 0. The highest BCUT2D eigenvalue weighted by atomic mass is 16.3. The Kier molecular flexibility index (Phi) is 4.61. The number of benzene rings is 2. The molecule has 0 unspecified atom stereocenters. The Hall–Kier alpha value is -2.04. The SMILES string of the molecule is O[C@@](C#Cc1ccccc1)(c1ccccc1)C1CCCCC1. The second-order valence-electron chi connectivity index (χ2n) is 6.08. The van der Waals surface area contributed by atoms with Gasteiger partial charge in [-0.25, -0.2) is 0 Å². The van der Waals surface area contributed by atoms with Crippen molar-refractivity contribution < 1.29 is 5.11 Å². The fourth-order valence-electron chi connectivity index (χ4n) is 3.31. The first kappa shape index (κ1) is 14.9. The summed E-state index contributed by atoms with van der Waals surface area (Å²) in [6.45, 7) is 0. The molecule has 0 aliphatic heterocycles. The Balaban J connectivity index is 1.98. The van der Waals surface area contributed by atoms with Crippen molar-refractivity contribution in [2.75, 3.05) is 0 Å². The van der Waals surface area contributed by atoms with Crippen LogP contribution in [0.3, 0.4) is 0 Å². The molecular weight excluding hydrogens is 268 g/mol. The molecule has 2 aromatic rings. The van der Waals surface area contributed by atoms with Crippen LogP contribution in [0.25, 0.3) is 0 Å². The molecule has 1 saturated carbocycles. The Morgan fingerprint density at radius 2 is 1.41 bits per heavy atom. The molecule has 0 radical (unpaired) electrons. The lowest BCUT2D eigenvalue weighted by Gasteiger charge is -2.35. The van der Waals surface area contributed by atoms with E-state index in [1.807, 2.05) is 60.7 Å². The molecule has 1 atom stereocenters. The molecule has 0 bridgehead atoms. The van der Waals surface area contributed by atoms with Crippen LogP contribution in [0, 0.1) is 17.8 Å². The van der Waals surface area contributed by atoms with Crippen molar-refractivity contribution in [1.29, 1.82) is 0 Å². The summed E-state index contributed by atoms with van der Waals surface area (Å²) in [6, 6.07) is 19.8. The summed E-state index contributed by atoms with van der Waals surface area (Å²) in [5, 5.41) is 11.4. The zero-order valence-electron chi connectivity index (χ0n) is 12.8. The van der Waals surface area contributed by atoms with Crippen LogP contribution >= 0.6 is 0 Å². The summed E-state index contributed by atoms with van der Waals surface area (Å²) in [5.74, 6) is 6.61. The van der Waals surface area contributed by atoms with Gasteiger partial charge in [-0.1, -0.05) is 79.6 Å². The minimum Gasteiger partial charge on any atom is -0.373 e. The van der Waals surface area contributed by atoms with E-state index in [0.29, 0.717) is 0 Å². The van der Waals surface area contributed by atoms with Gasteiger partial charge in [0.05, 0.1) is 0 Å². The van der Waals surface area contributed by atoms with Gasteiger partial charge in [-0.05, 0) is 30.5 Å². The standard InChI is InChI=1S/C21H22O/c22-21(19-12-6-2-7-13-19,20-14-8-3-9-15-20)17-16-18-10-4-1-5-11-18/h1-2,4-7,10-13,20,22H,3,8-9,14-15H2/t21-/m0/s1. The van der Waals surface area contributed by atoms with E-state index in [4.69, 9.17) is 0 Å². The van der Waals surface area contributed by atoms with E-state index in [9.17, 15) is 5.11 Å². The number of hydrogen-bond acceptors (Lipinski definition) is 1. The maximum Gasteiger partial charge on any atom is 0.154 e. The lowest BCUT2D eigenvalue weighted by molar-refractivity contribution is 0.0160. The van der Waals surface area contributed by atoms with Crippen LogP contribution in [-0.2, 0) is 5.60 Å². The quantitative estimate of drug-likeness (QED) is 0.807. The van der Waals surface area contributed by atoms with Gasteiger partial charge in [-0.15, -0.1) is 0 Å². The van der Waals surface area contributed by atoms with Gasteiger partial charge in [0.2, 0.25) is 0 Å². The highest BCUT2D eigenvalue weighted by Gasteiger charge is 2.37. The molecule has 112 valence electrons. The molecule has 0 aromatic heterocycles. The molecule has 1 aliphatic carbocycles. The zero-order chi connectivity index (χ0) is 15.3. The number of rotatable bonds is 2. The van der Waals surface area contributed by atoms with Gasteiger partial charge >= 0.3 is 0 Å². The first-order valence-electron chi connectivity index (χ1n) is 8.15. The first-order valence-corrected chi connectivity index (χ1v) is 8.15. The molecule has 3 rings (SSSR count).